The quantitative estimate of drug-likeness (QED) is 0.477. The molecule has 1 aromatic carbocycles. The van der Waals surface area contributed by atoms with Crippen LogP contribution in [0.25, 0.3) is 33.3 Å². The molecule has 8 nitrogen and oxygen atoms in total. The lowest BCUT2D eigenvalue weighted by molar-refractivity contribution is 0.0799. The van der Waals surface area contributed by atoms with Gasteiger partial charge in [0, 0.05) is 56.6 Å². The first-order chi connectivity index (χ1) is 16.7. The highest BCUT2D eigenvalue weighted by Crippen LogP contribution is 2.33. The number of aromatic nitrogens is 4. The number of anilines is 1. The molecule has 174 valence electrons. The largest absolute Gasteiger partial charge is 0.498 e. The third-order valence-electron chi connectivity index (χ3n) is 6.68. The Labute approximate surface area is 197 Å². The Bertz CT molecular complexity index is 1400. The number of hydrogen-bond acceptors (Lipinski definition) is 6. The zero-order chi connectivity index (χ0) is 23.1. The molecule has 1 fully saturated rings. The molecule has 4 aromatic rings. The number of allylic oxidation sites excluding steroid dienone is 2. The Balaban J connectivity index is 1.49. The normalized spacial score (nSPS) is 18.9. The van der Waals surface area contributed by atoms with Crippen LogP contribution >= 0.6 is 0 Å². The lowest BCUT2D eigenvalue weighted by Gasteiger charge is -2.27. The molecule has 1 atom stereocenters. The van der Waals surface area contributed by atoms with E-state index in [0.717, 1.165) is 83.2 Å². The molecule has 4 heterocycles. The van der Waals surface area contributed by atoms with Crippen LogP contribution in [0, 0.1) is 0 Å². The molecule has 0 saturated carbocycles. The van der Waals surface area contributed by atoms with E-state index in [0.29, 0.717) is 0 Å². The van der Waals surface area contributed by atoms with Crippen molar-refractivity contribution in [2.24, 2.45) is 0 Å². The average Bonchev–Trinajstić information content (AvgIpc) is 3.56. The summed E-state index contributed by atoms with van der Waals surface area (Å²) in [5.41, 5.74) is 5.17. The van der Waals surface area contributed by atoms with Gasteiger partial charge in [-0.25, -0.2) is 4.98 Å². The highest BCUT2D eigenvalue weighted by molar-refractivity contribution is 6.08. The number of ether oxygens (including phenoxy) is 2. The monoisotopic (exact) mass is 456 g/mol. The second-order valence-corrected chi connectivity index (χ2v) is 8.65. The SMILES string of the molecule is COC1=CC(c2ccc3c(c2)[nH]c2c(-n4cccc4)nc(N4CCNCC4)nc23)=CCC1OC. The number of aromatic amines is 1. The predicted octanol–water partition coefficient (Wildman–Crippen LogP) is 3.64. The van der Waals surface area contributed by atoms with Gasteiger partial charge in [0.1, 0.15) is 22.9 Å². The molecule has 2 N–H and O–H groups in total. The van der Waals surface area contributed by atoms with Crippen LogP contribution in [-0.4, -0.2) is 66.0 Å². The standard InChI is InChI=1S/C26H28N6O2/c1-33-21-8-6-18(16-22(21)34-2)17-5-7-19-20(15-17)28-24-23(19)29-26(32-13-9-27-10-14-32)30-25(24)31-11-3-4-12-31/h3-7,11-12,15-16,21,27-28H,8-10,13-14H2,1-2H3. The van der Waals surface area contributed by atoms with Crippen LogP contribution in [0.4, 0.5) is 5.95 Å². The molecule has 0 radical (unpaired) electrons. The van der Waals surface area contributed by atoms with Crippen LogP contribution in [0.15, 0.2) is 60.6 Å². The second kappa shape index (κ2) is 8.62. The van der Waals surface area contributed by atoms with E-state index < -0.39 is 0 Å². The highest BCUT2D eigenvalue weighted by atomic mass is 16.5. The number of piperazine rings is 1. The molecule has 1 aliphatic heterocycles. The zero-order valence-electron chi connectivity index (χ0n) is 19.4. The summed E-state index contributed by atoms with van der Waals surface area (Å²) >= 11 is 0. The summed E-state index contributed by atoms with van der Waals surface area (Å²) in [4.78, 5) is 15.9. The third kappa shape index (κ3) is 3.55. The summed E-state index contributed by atoms with van der Waals surface area (Å²) in [5, 5.41) is 4.49. The first-order valence-electron chi connectivity index (χ1n) is 11.7. The van der Waals surface area contributed by atoms with Crippen molar-refractivity contribution >= 4 is 33.5 Å². The fourth-order valence-electron chi connectivity index (χ4n) is 4.84. The van der Waals surface area contributed by atoms with Crippen LogP contribution in [0.1, 0.15) is 12.0 Å². The van der Waals surface area contributed by atoms with Crippen LogP contribution in [0.3, 0.4) is 0 Å². The molecule has 2 aliphatic rings. The fourth-order valence-corrected chi connectivity index (χ4v) is 4.84. The van der Waals surface area contributed by atoms with Gasteiger partial charge in [0.05, 0.1) is 7.11 Å². The van der Waals surface area contributed by atoms with Gasteiger partial charge >= 0.3 is 0 Å². The number of hydrogen-bond donors (Lipinski definition) is 2. The molecular formula is C26H28N6O2. The van der Waals surface area contributed by atoms with E-state index >= 15 is 0 Å². The molecule has 0 amide bonds. The molecule has 0 spiro atoms. The second-order valence-electron chi connectivity index (χ2n) is 8.65. The van der Waals surface area contributed by atoms with E-state index in [1.54, 1.807) is 14.2 Å². The minimum Gasteiger partial charge on any atom is -0.498 e. The Kier molecular flexibility index (Phi) is 5.31. The molecular weight excluding hydrogens is 428 g/mol. The minimum absolute atomic E-state index is 0.0339. The third-order valence-corrected chi connectivity index (χ3v) is 6.68. The molecule has 34 heavy (non-hydrogen) atoms. The molecule has 1 aliphatic carbocycles. The van der Waals surface area contributed by atoms with Gasteiger partial charge in [-0.15, -0.1) is 0 Å². The maximum atomic E-state index is 5.57. The van der Waals surface area contributed by atoms with Crippen LogP contribution in [-0.2, 0) is 9.47 Å². The summed E-state index contributed by atoms with van der Waals surface area (Å²) in [6, 6.07) is 10.5. The number of nitrogens with zero attached hydrogens (tertiary/aromatic N) is 4. The summed E-state index contributed by atoms with van der Waals surface area (Å²) in [7, 11) is 3.41. The van der Waals surface area contributed by atoms with E-state index in [-0.39, 0.29) is 6.10 Å². The van der Waals surface area contributed by atoms with Gasteiger partial charge in [-0.1, -0.05) is 18.2 Å². The van der Waals surface area contributed by atoms with Gasteiger partial charge < -0.3 is 29.2 Å². The van der Waals surface area contributed by atoms with Crippen molar-refractivity contribution < 1.29 is 9.47 Å². The van der Waals surface area contributed by atoms with Crippen molar-refractivity contribution in [2.45, 2.75) is 12.5 Å². The first-order valence-corrected chi connectivity index (χ1v) is 11.7. The summed E-state index contributed by atoms with van der Waals surface area (Å²) < 4.78 is 13.1. The Morgan fingerprint density at radius 3 is 2.65 bits per heavy atom. The summed E-state index contributed by atoms with van der Waals surface area (Å²) in [5.74, 6) is 2.48. The summed E-state index contributed by atoms with van der Waals surface area (Å²) in [6.07, 6.45) is 9.07. The van der Waals surface area contributed by atoms with E-state index in [1.807, 2.05) is 29.1 Å². The van der Waals surface area contributed by atoms with Crippen molar-refractivity contribution in [3.05, 3.63) is 66.2 Å². The van der Waals surface area contributed by atoms with Crippen LogP contribution in [0.5, 0.6) is 0 Å². The van der Waals surface area contributed by atoms with Crippen LogP contribution in [0.2, 0.25) is 0 Å². The number of rotatable bonds is 5. The van der Waals surface area contributed by atoms with E-state index in [1.165, 1.54) is 0 Å². The van der Waals surface area contributed by atoms with Gasteiger partial charge in [0.2, 0.25) is 5.95 Å². The maximum Gasteiger partial charge on any atom is 0.228 e. The van der Waals surface area contributed by atoms with Gasteiger partial charge in [0.15, 0.2) is 5.82 Å². The molecule has 1 saturated heterocycles. The first kappa shape index (κ1) is 20.9. The number of benzene rings is 1. The van der Waals surface area contributed by atoms with E-state index in [9.17, 15) is 0 Å². The van der Waals surface area contributed by atoms with E-state index in [4.69, 9.17) is 19.4 Å². The average molecular weight is 457 g/mol. The molecule has 3 aromatic heterocycles. The van der Waals surface area contributed by atoms with Crippen LogP contribution < -0.4 is 10.2 Å². The molecule has 6 rings (SSSR count). The lowest BCUT2D eigenvalue weighted by atomic mass is 9.96. The van der Waals surface area contributed by atoms with Gasteiger partial charge in [-0.3, -0.25) is 0 Å². The van der Waals surface area contributed by atoms with E-state index in [2.05, 4.69) is 45.6 Å². The van der Waals surface area contributed by atoms with Crippen molar-refractivity contribution in [3.63, 3.8) is 0 Å². The summed E-state index contributed by atoms with van der Waals surface area (Å²) in [6.45, 7) is 3.67. The predicted molar refractivity (Wildman–Crippen MR) is 134 cm³/mol. The lowest BCUT2D eigenvalue weighted by Crippen LogP contribution is -2.44. The van der Waals surface area contributed by atoms with Crippen molar-refractivity contribution in [1.82, 2.24) is 24.8 Å². The van der Waals surface area contributed by atoms with Gasteiger partial charge in [0.25, 0.3) is 0 Å². The zero-order valence-corrected chi connectivity index (χ0v) is 19.4. The minimum atomic E-state index is -0.0339. The number of H-pyrrole nitrogens is 1. The van der Waals surface area contributed by atoms with Gasteiger partial charge in [-0.05, 0) is 41.8 Å². The maximum absolute atomic E-state index is 5.57. The Hall–Kier alpha value is -3.62. The van der Waals surface area contributed by atoms with Crippen molar-refractivity contribution in [3.8, 4) is 5.82 Å². The highest BCUT2D eigenvalue weighted by Gasteiger charge is 2.21. The molecule has 1 unspecified atom stereocenters. The van der Waals surface area contributed by atoms with Crippen molar-refractivity contribution in [2.75, 3.05) is 45.3 Å². The van der Waals surface area contributed by atoms with Crippen molar-refractivity contribution in [1.29, 1.82) is 0 Å². The number of nitrogens with one attached hydrogen (secondary N) is 2. The Morgan fingerprint density at radius 2 is 1.88 bits per heavy atom. The molecule has 0 bridgehead atoms. The topological polar surface area (TPSA) is 80.2 Å². The molecule has 8 heteroatoms. The fraction of sp³-hybridized carbons (Fsp3) is 0.308. The Morgan fingerprint density at radius 1 is 1.06 bits per heavy atom. The number of fused-ring (bicyclic) bond motifs is 3. The van der Waals surface area contributed by atoms with Gasteiger partial charge in [-0.2, -0.15) is 4.98 Å². The number of methoxy groups -OCH3 is 2. The smallest absolute Gasteiger partial charge is 0.228 e.